The molecule has 0 bridgehead atoms. The Morgan fingerprint density at radius 1 is 1.33 bits per heavy atom. The minimum absolute atomic E-state index is 0.154. The molecule has 0 fully saturated rings. The van der Waals surface area contributed by atoms with Crippen LogP contribution < -0.4 is 5.32 Å². The van der Waals surface area contributed by atoms with Crippen molar-refractivity contribution in [2.45, 2.75) is 39.2 Å². The lowest BCUT2D eigenvalue weighted by Crippen LogP contribution is -2.41. The lowest BCUT2D eigenvalue weighted by Gasteiger charge is -2.26. The van der Waals surface area contributed by atoms with Crippen LogP contribution in [0.25, 0.3) is 0 Å². The van der Waals surface area contributed by atoms with Gasteiger partial charge in [0.05, 0.1) is 6.54 Å². The molecule has 0 saturated heterocycles. The molecule has 0 radical (unpaired) electrons. The molecule has 74 valence electrons. The summed E-state index contributed by atoms with van der Waals surface area (Å²) in [5.74, 6) is 0. The first-order valence-corrected chi connectivity index (χ1v) is 4.32. The van der Waals surface area contributed by atoms with Gasteiger partial charge in [0, 0.05) is 12.6 Å². The van der Waals surface area contributed by atoms with Crippen molar-refractivity contribution in [2.75, 3.05) is 13.7 Å². The number of aliphatic hydroxyl groups is 1. The fourth-order valence-corrected chi connectivity index (χ4v) is 0.788. The van der Waals surface area contributed by atoms with Crippen LogP contribution in [-0.4, -0.2) is 30.6 Å². The summed E-state index contributed by atoms with van der Waals surface area (Å²) in [5, 5.41) is 10.2. The molecule has 0 rings (SSSR count). The van der Waals surface area contributed by atoms with Gasteiger partial charge in [0.1, 0.15) is 6.29 Å². The number of hydrogen-bond acceptors (Lipinski definition) is 3. The number of aliphatic hydroxyl groups excluding tert-OH is 1. The first-order chi connectivity index (χ1) is 5.68. The Hall–Kier alpha value is -0.410. The van der Waals surface area contributed by atoms with Gasteiger partial charge in [-0.2, -0.15) is 0 Å². The van der Waals surface area contributed by atoms with E-state index in [4.69, 9.17) is 5.11 Å². The lowest BCUT2D eigenvalue weighted by atomic mass is 9.96. The van der Waals surface area contributed by atoms with E-state index in [1.54, 1.807) is 0 Å². The van der Waals surface area contributed by atoms with Crippen LogP contribution in [0.5, 0.6) is 0 Å². The molecule has 0 heterocycles. The average molecular weight is 175 g/mol. The third kappa shape index (κ3) is 6.31. The van der Waals surface area contributed by atoms with Crippen LogP contribution >= 0.6 is 0 Å². The Balaban J connectivity index is 0. The zero-order chi connectivity index (χ0) is 10.0. The quantitative estimate of drug-likeness (QED) is 0.612. The summed E-state index contributed by atoms with van der Waals surface area (Å²) in [5.41, 5.74) is 0.154. The molecule has 0 aliphatic rings. The first-order valence-electron chi connectivity index (χ1n) is 4.32. The first kappa shape index (κ1) is 14.1. The minimum Gasteiger partial charge on any atom is -0.400 e. The Kier molecular flexibility index (Phi) is 10.2. The Labute approximate surface area is 75.2 Å². The third-order valence-electron chi connectivity index (χ3n) is 2.17. The van der Waals surface area contributed by atoms with Gasteiger partial charge in [0.2, 0.25) is 0 Å². The predicted molar refractivity (Wildman–Crippen MR) is 51.2 cm³/mol. The van der Waals surface area contributed by atoms with Crippen molar-refractivity contribution < 1.29 is 9.90 Å². The van der Waals surface area contributed by atoms with Crippen LogP contribution in [0.3, 0.4) is 0 Å². The molecule has 2 N–H and O–H groups in total. The van der Waals surface area contributed by atoms with Crippen LogP contribution in [0, 0.1) is 0 Å². The summed E-state index contributed by atoms with van der Waals surface area (Å²) in [6.45, 7) is 6.86. The van der Waals surface area contributed by atoms with Crippen LogP contribution in [0.1, 0.15) is 33.6 Å². The monoisotopic (exact) mass is 175 g/mol. The van der Waals surface area contributed by atoms with Gasteiger partial charge in [-0.3, -0.25) is 0 Å². The SMILES string of the molecule is CCC(C)(CC)NCC=O.CO. The molecule has 12 heavy (non-hydrogen) atoms. The van der Waals surface area contributed by atoms with Crippen molar-refractivity contribution >= 4 is 6.29 Å². The molecule has 0 spiro atoms. The third-order valence-corrected chi connectivity index (χ3v) is 2.17. The Morgan fingerprint density at radius 3 is 2.00 bits per heavy atom. The summed E-state index contributed by atoms with van der Waals surface area (Å²) in [4.78, 5) is 10.0. The second kappa shape index (κ2) is 8.68. The van der Waals surface area contributed by atoms with E-state index in [0.29, 0.717) is 6.54 Å². The van der Waals surface area contributed by atoms with Crippen LogP contribution in [0.4, 0.5) is 0 Å². The molecule has 0 aliphatic carbocycles. The lowest BCUT2D eigenvalue weighted by molar-refractivity contribution is -0.107. The minimum atomic E-state index is 0.154. The molecule has 0 atom stereocenters. The molecule has 0 aromatic heterocycles. The highest BCUT2D eigenvalue weighted by Gasteiger charge is 2.16. The van der Waals surface area contributed by atoms with E-state index < -0.39 is 0 Å². The molecule has 0 aromatic carbocycles. The summed E-state index contributed by atoms with van der Waals surface area (Å²) >= 11 is 0. The number of nitrogens with one attached hydrogen (secondary N) is 1. The van der Waals surface area contributed by atoms with Gasteiger partial charge in [-0.25, -0.2) is 0 Å². The summed E-state index contributed by atoms with van der Waals surface area (Å²) in [6, 6.07) is 0. The molecular formula is C9H21NO2. The van der Waals surface area contributed by atoms with E-state index >= 15 is 0 Å². The van der Waals surface area contributed by atoms with Crippen molar-refractivity contribution in [3.8, 4) is 0 Å². The topological polar surface area (TPSA) is 49.3 Å². The van der Waals surface area contributed by atoms with E-state index in [1.807, 2.05) is 0 Å². The van der Waals surface area contributed by atoms with Gasteiger partial charge in [0.15, 0.2) is 0 Å². The Bertz CT molecular complexity index is 101. The van der Waals surface area contributed by atoms with E-state index in [0.717, 1.165) is 26.2 Å². The van der Waals surface area contributed by atoms with E-state index in [2.05, 4.69) is 26.1 Å². The number of hydrogen-bond donors (Lipinski definition) is 2. The van der Waals surface area contributed by atoms with E-state index in [-0.39, 0.29) is 5.54 Å². The molecular weight excluding hydrogens is 154 g/mol. The predicted octanol–water partition coefficient (Wildman–Crippen LogP) is 0.962. The van der Waals surface area contributed by atoms with Gasteiger partial charge in [-0.1, -0.05) is 13.8 Å². The maximum atomic E-state index is 10.0. The maximum Gasteiger partial charge on any atom is 0.133 e. The highest BCUT2D eigenvalue weighted by atomic mass is 16.2. The zero-order valence-corrected chi connectivity index (χ0v) is 8.55. The smallest absolute Gasteiger partial charge is 0.133 e. The van der Waals surface area contributed by atoms with Crippen molar-refractivity contribution in [2.24, 2.45) is 0 Å². The average Bonchev–Trinajstić information content (AvgIpc) is 2.17. The maximum absolute atomic E-state index is 10.0. The number of aldehydes is 1. The van der Waals surface area contributed by atoms with Crippen molar-refractivity contribution in [1.29, 1.82) is 0 Å². The van der Waals surface area contributed by atoms with E-state index in [9.17, 15) is 4.79 Å². The van der Waals surface area contributed by atoms with Crippen LogP contribution in [0.15, 0.2) is 0 Å². The highest BCUT2D eigenvalue weighted by Crippen LogP contribution is 2.12. The van der Waals surface area contributed by atoms with Gasteiger partial charge >= 0.3 is 0 Å². The van der Waals surface area contributed by atoms with Gasteiger partial charge in [-0.05, 0) is 19.8 Å². The zero-order valence-electron chi connectivity index (χ0n) is 8.55. The van der Waals surface area contributed by atoms with Crippen molar-refractivity contribution in [3.63, 3.8) is 0 Å². The van der Waals surface area contributed by atoms with Gasteiger partial charge in [-0.15, -0.1) is 0 Å². The Morgan fingerprint density at radius 2 is 1.75 bits per heavy atom. The number of carbonyl (C=O) groups excluding carboxylic acids is 1. The molecule has 3 heteroatoms. The van der Waals surface area contributed by atoms with Crippen LogP contribution in [0.2, 0.25) is 0 Å². The summed E-state index contributed by atoms with van der Waals surface area (Å²) in [7, 11) is 1.00. The second-order valence-corrected chi connectivity index (χ2v) is 2.82. The molecule has 0 aliphatic heterocycles. The van der Waals surface area contributed by atoms with Crippen molar-refractivity contribution in [3.05, 3.63) is 0 Å². The van der Waals surface area contributed by atoms with Gasteiger partial charge in [0.25, 0.3) is 0 Å². The fraction of sp³-hybridized carbons (Fsp3) is 0.889. The number of rotatable bonds is 5. The largest absolute Gasteiger partial charge is 0.400 e. The standard InChI is InChI=1S/C8H17NO.CH4O/c1-4-8(3,5-2)9-6-7-10;1-2/h7,9H,4-6H2,1-3H3;2H,1H3. The number of carbonyl (C=O) groups is 1. The highest BCUT2D eigenvalue weighted by molar-refractivity contribution is 5.52. The second-order valence-electron chi connectivity index (χ2n) is 2.82. The normalized spacial score (nSPS) is 10.1. The molecule has 3 nitrogen and oxygen atoms in total. The van der Waals surface area contributed by atoms with E-state index in [1.165, 1.54) is 0 Å². The fourth-order valence-electron chi connectivity index (χ4n) is 0.788. The van der Waals surface area contributed by atoms with Gasteiger partial charge < -0.3 is 15.2 Å². The van der Waals surface area contributed by atoms with Crippen LogP contribution in [-0.2, 0) is 4.79 Å². The molecule has 0 amide bonds. The molecule has 0 unspecified atom stereocenters. The molecule has 0 aromatic rings. The van der Waals surface area contributed by atoms with Crippen molar-refractivity contribution in [1.82, 2.24) is 5.32 Å². The summed E-state index contributed by atoms with van der Waals surface area (Å²) < 4.78 is 0. The summed E-state index contributed by atoms with van der Waals surface area (Å²) in [6.07, 6.45) is 3.04. The molecule has 0 saturated carbocycles.